The summed E-state index contributed by atoms with van der Waals surface area (Å²) < 4.78 is 0. The number of hydrogen-bond donors (Lipinski definition) is 2. The van der Waals surface area contributed by atoms with E-state index in [2.05, 4.69) is 15.6 Å². The zero-order valence-electron chi connectivity index (χ0n) is 10.4. The van der Waals surface area contributed by atoms with Crippen molar-refractivity contribution < 1.29 is 9.72 Å². The maximum atomic E-state index is 11.7. The summed E-state index contributed by atoms with van der Waals surface area (Å²) in [5, 5.41) is 19.8. The number of rotatable bonds is 5. The molecular weight excluding hydrogens is 280 g/mol. The first-order valence-electron chi connectivity index (χ1n) is 5.81. The van der Waals surface area contributed by atoms with E-state index in [0.29, 0.717) is 6.54 Å². The zero-order chi connectivity index (χ0) is 14.4. The highest BCUT2D eigenvalue weighted by molar-refractivity contribution is 7.07. The van der Waals surface area contributed by atoms with Crippen LogP contribution in [-0.4, -0.2) is 22.5 Å². The van der Waals surface area contributed by atoms with E-state index in [0.717, 1.165) is 18.2 Å². The van der Waals surface area contributed by atoms with Gasteiger partial charge in [0.05, 0.1) is 4.92 Å². The van der Waals surface area contributed by atoms with Gasteiger partial charge in [0.25, 0.3) is 0 Å². The van der Waals surface area contributed by atoms with Crippen LogP contribution in [0.1, 0.15) is 5.56 Å². The summed E-state index contributed by atoms with van der Waals surface area (Å²) in [6.45, 7) is 0.460. The van der Waals surface area contributed by atoms with Gasteiger partial charge in [-0.25, -0.2) is 4.79 Å². The predicted molar refractivity (Wildman–Crippen MR) is 75.9 cm³/mol. The average molecular weight is 292 g/mol. The minimum absolute atomic E-state index is 0.123. The molecule has 0 aliphatic carbocycles. The molecule has 0 radical (unpaired) electrons. The van der Waals surface area contributed by atoms with Crippen LogP contribution in [0.25, 0.3) is 0 Å². The van der Waals surface area contributed by atoms with Gasteiger partial charge in [-0.05, 0) is 34.9 Å². The van der Waals surface area contributed by atoms with Crippen LogP contribution in [0.2, 0.25) is 0 Å². The Morgan fingerprint density at radius 3 is 3.00 bits per heavy atom. The molecule has 2 heterocycles. The lowest BCUT2D eigenvalue weighted by Crippen LogP contribution is -2.30. The molecule has 2 rings (SSSR count). The van der Waals surface area contributed by atoms with Crippen molar-refractivity contribution in [1.29, 1.82) is 0 Å². The van der Waals surface area contributed by atoms with Crippen molar-refractivity contribution >= 4 is 28.7 Å². The number of urea groups is 1. The van der Waals surface area contributed by atoms with Crippen LogP contribution < -0.4 is 10.6 Å². The number of amides is 2. The Hall–Kier alpha value is -2.48. The molecular formula is C12H12N4O3S. The summed E-state index contributed by atoms with van der Waals surface area (Å²) in [6.07, 6.45) is 3.20. The second-order valence-corrected chi connectivity index (χ2v) is 4.69. The molecule has 0 atom stereocenters. The number of thiophene rings is 1. The van der Waals surface area contributed by atoms with E-state index >= 15 is 0 Å². The summed E-state index contributed by atoms with van der Waals surface area (Å²) in [6, 6.07) is 2.89. The van der Waals surface area contributed by atoms with Gasteiger partial charge in [0.2, 0.25) is 0 Å². The third kappa shape index (κ3) is 3.75. The van der Waals surface area contributed by atoms with E-state index in [-0.39, 0.29) is 11.4 Å². The normalized spacial score (nSPS) is 10.0. The van der Waals surface area contributed by atoms with E-state index in [9.17, 15) is 14.9 Å². The van der Waals surface area contributed by atoms with E-state index < -0.39 is 11.0 Å². The van der Waals surface area contributed by atoms with Crippen molar-refractivity contribution in [2.45, 2.75) is 6.42 Å². The Bertz CT molecular complexity index is 601. The molecule has 8 heteroatoms. The minimum Gasteiger partial charge on any atom is -0.338 e. The Morgan fingerprint density at radius 2 is 2.30 bits per heavy atom. The van der Waals surface area contributed by atoms with Gasteiger partial charge in [0, 0.05) is 12.7 Å². The number of anilines is 1. The summed E-state index contributed by atoms with van der Waals surface area (Å²) in [4.78, 5) is 25.5. The van der Waals surface area contributed by atoms with Crippen LogP contribution in [-0.2, 0) is 6.42 Å². The molecule has 2 aromatic heterocycles. The van der Waals surface area contributed by atoms with Crippen molar-refractivity contribution in [1.82, 2.24) is 10.3 Å². The van der Waals surface area contributed by atoms with Crippen molar-refractivity contribution in [3.8, 4) is 0 Å². The molecule has 0 bridgehead atoms. The van der Waals surface area contributed by atoms with Gasteiger partial charge in [-0.1, -0.05) is 0 Å². The Morgan fingerprint density at radius 1 is 1.45 bits per heavy atom. The molecule has 7 nitrogen and oxygen atoms in total. The van der Waals surface area contributed by atoms with Crippen LogP contribution in [0.4, 0.5) is 16.2 Å². The number of nitrogens with one attached hydrogen (secondary N) is 2. The zero-order valence-corrected chi connectivity index (χ0v) is 11.2. The average Bonchev–Trinajstić information content (AvgIpc) is 2.92. The fourth-order valence-electron chi connectivity index (χ4n) is 1.56. The number of pyridine rings is 1. The molecule has 2 aromatic rings. The van der Waals surface area contributed by atoms with Crippen molar-refractivity contribution in [3.63, 3.8) is 0 Å². The van der Waals surface area contributed by atoms with E-state index in [1.807, 2.05) is 16.8 Å². The Balaban J connectivity index is 1.87. The van der Waals surface area contributed by atoms with Crippen LogP contribution in [0.15, 0.2) is 35.3 Å². The summed E-state index contributed by atoms with van der Waals surface area (Å²) in [7, 11) is 0. The van der Waals surface area contributed by atoms with Crippen LogP contribution in [0.5, 0.6) is 0 Å². The highest BCUT2D eigenvalue weighted by Gasteiger charge is 2.15. The number of carbonyl (C=O) groups is 1. The highest BCUT2D eigenvalue weighted by Crippen LogP contribution is 2.21. The van der Waals surface area contributed by atoms with E-state index in [1.54, 1.807) is 11.3 Å². The molecule has 0 aliphatic rings. The van der Waals surface area contributed by atoms with E-state index in [4.69, 9.17) is 0 Å². The number of hydrogen-bond acceptors (Lipinski definition) is 5. The van der Waals surface area contributed by atoms with Gasteiger partial charge < -0.3 is 10.6 Å². The Labute approximate surface area is 118 Å². The fourth-order valence-corrected chi connectivity index (χ4v) is 2.26. The highest BCUT2D eigenvalue weighted by atomic mass is 32.1. The molecule has 20 heavy (non-hydrogen) atoms. The molecule has 104 valence electrons. The molecule has 0 unspecified atom stereocenters. The maximum absolute atomic E-state index is 11.7. The third-order valence-corrected chi connectivity index (χ3v) is 3.26. The lowest BCUT2D eigenvalue weighted by molar-refractivity contribution is -0.384. The number of nitro groups is 1. The largest absolute Gasteiger partial charge is 0.338 e. The molecule has 2 N–H and O–H groups in total. The fraction of sp³-hybridized carbons (Fsp3) is 0.167. The lowest BCUT2D eigenvalue weighted by atomic mass is 10.2. The molecule has 0 fully saturated rings. The summed E-state index contributed by atoms with van der Waals surface area (Å²) >= 11 is 1.60. The van der Waals surface area contributed by atoms with Gasteiger partial charge in [0.1, 0.15) is 11.9 Å². The standard InChI is InChI=1S/C12H12N4O3S/c17-12(14-5-1-9-3-6-20-8-9)15-10-2-4-13-7-11(10)16(18)19/h2-4,6-8H,1,5H2,(H2,13,14,15,17). The monoisotopic (exact) mass is 292 g/mol. The van der Waals surface area contributed by atoms with Crippen LogP contribution in [0.3, 0.4) is 0 Å². The second-order valence-electron chi connectivity index (χ2n) is 3.91. The van der Waals surface area contributed by atoms with Gasteiger partial charge >= 0.3 is 11.7 Å². The number of aromatic nitrogens is 1. The summed E-state index contributed by atoms with van der Waals surface area (Å²) in [5.74, 6) is 0. The van der Waals surface area contributed by atoms with E-state index in [1.165, 1.54) is 12.3 Å². The smallest absolute Gasteiger partial charge is 0.319 e. The van der Waals surface area contributed by atoms with Gasteiger partial charge in [-0.3, -0.25) is 15.1 Å². The number of nitrogens with zero attached hydrogens (tertiary/aromatic N) is 2. The Kier molecular flexibility index (Phi) is 4.61. The molecule has 0 aliphatic heterocycles. The van der Waals surface area contributed by atoms with Crippen LogP contribution >= 0.6 is 11.3 Å². The molecule has 0 saturated carbocycles. The van der Waals surface area contributed by atoms with Gasteiger partial charge in [0.15, 0.2) is 0 Å². The van der Waals surface area contributed by atoms with Crippen molar-refractivity contribution in [3.05, 3.63) is 51.0 Å². The second kappa shape index (κ2) is 6.62. The maximum Gasteiger partial charge on any atom is 0.319 e. The SMILES string of the molecule is O=C(NCCc1ccsc1)Nc1ccncc1[N+](=O)[O-]. The minimum atomic E-state index is -0.589. The molecule has 0 aromatic carbocycles. The van der Waals surface area contributed by atoms with Gasteiger partial charge in [-0.15, -0.1) is 0 Å². The quantitative estimate of drug-likeness (QED) is 0.653. The first-order chi connectivity index (χ1) is 9.66. The van der Waals surface area contributed by atoms with Crippen molar-refractivity contribution in [2.75, 3.05) is 11.9 Å². The van der Waals surface area contributed by atoms with Crippen molar-refractivity contribution in [2.24, 2.45) is 0 Å². The topological polar surface area (TPSA) is 97.2 Å². The molecule has 0 saturated heterocycles. The molecule has 2 amide bonds. The molecule has 0 spiro atoms. The summed E-state index contributed by atoms with van der Waals surface area (Å²) in [5.41, 5.74) is 1.03. The first kappa shape index (κ1) is 13.9. The van der Waals surface area contributed by atoms with Gasteiger partial charge in [-0.2, -0.15) is 11.3 Å². The third-order valence-electron chi connectivity index (χ3n) is 2.52. The lowest BCUT2D eigenvalue weighted by Gasteiger charge is -2.07. The first-order valence-corrected chi connectivity index (χ1v) is 6.75. The predicted octanol–water partition coefficient (Wildman–Crippen LogP) is 2.42. The number of carbonyl (C=O) groups excluding carboxylic acids is 1. The van der Waals surface area contributed by atoms with Crippen LogP contribution in [0, 0.1) is 10.1 Å².